The van der Waals surface area contributed by atoms with Crippen molar-refractivity contribution in [3.8, 4) is 0 Å². The molecular weight excluding hydrogens is 382 g/mol. The summed E-state index contributed by atoms with van der Waals surface area (Å²) < 4.78 is 54.8. The summed E-state index contributed by atoms with van der Waals surface area (Å²) in [4.78, 5) is 0.0112. The molecule has 0 heterocycles. The molecule has 0 N–H and O–H groups in total. The SMILES string of the molecule is Cc1ccc(S(=O)(=O)[N-]C[N-]S(=O)(=O)c2ccc(C)cc2)cc1.[Na+].[Na+]. The van der Waals surface area contributed by atoms with Gasteiger partial charge in [-0.3, -0.25) is 0 Å². The van der Waals surface area contributed by atoms with Crippen LogP contribution in [-0.4, -0.2) is 23.5 Å². The van der Waals surface area contributed by atoms with Gasteiger partial charge in [-0.1, -0.05) is 35.4 Å². The second-order valence-corrected chi connectivity index (χ2v) is 8.34. The van der Waals surface area contributed by atoms with E-state index in [0.29, 0.717) is 0 Å². The van der Waals surface area contributed by atoms with Crippen LogP contribution in [0.15, 0.2) is 58.3 Å². The van der Waals surface area contributed by atoms with E-state index in [1.807, 2.05) is 13.8 Å². The number of rotatable bonds is 6. The normalized spacial score (nSPS) is 11.3. The number of aryl methyl sites for hydroxylation is 2. The van der Waals surface area contributed by atoms with Crippen LogP contribution in [0.3, 0.4) is 0 Å². The third-order valence-corrected chi connectivity index (χ3v) is 5.74. The summed E-state index contributed by atoms with van der Waals surface area (Å²) in [5.41, 5.74) is 1.83. The fraction of sp³-hybridized carbons (Fsp3) is 0.200. The van der Waals surface area contributed by atoms with E-state index >= 15 is 0 Å². The Bertz CT molecular complexity index is 807. The Hall–Kier alpha value is 0.260. The van der Waals surface area contributed by atoms with Crippen molar-refractivity contribution in [3.05, 3.63) is 69.1 Å². The van der Waals surface area contributed by atoms with E-state index in [-0.39, 0.29) is 68.9 Å². The zero-order valence-electron chi connectivity index (χ0n) is 14.7. The van der Waals surface area contributed by atoms with E-state index < -0.39 is 26.7 Å². The predicted molar refractivity (Wildman–Crippen MR) is 88.3 cm³/mol. The fourth-order valence-corrected chi connectivity index (χ4v) is 3.50. The Morgan fingerprint density at radius 1 is 0.640 bits per heavy atom. The van der Waals surface area contributed by atoms with Crippen LogP contribution < -0.4 is 59.1 Å². The van der Waals surface area contributed by atoms with E-state index in [4.69, 9.17) is 0 Å². The minimum absolute atomic E-state index is 0. The minimum Gasteiger partial charge on any atom is -0.562 e. The van der Waals surface area contributed by atoms with Gasteiger partial charge >= 0.3 is 59.1 Å². The zero-order chi connectivity index (χ0) is 17.1. The quantitative estimate of drug-likeness (QED) is 0.488. The molecule has 0 unspecified atom stereocenters. The maximum atomic E-state index is 12.0. The van der Waals surface area contributed by atoms with Gasteiger partial charge in [-0.2, -0.15) is 0 Å². The van der Waals surface area contributed by atoms with Crippen LogP contribution in [0, 0.1) is 13.8 Å². The first-order valence-corrected chi connectivity index (χ1v) is 9.60. The Kier molecular flexibility index (Phi) is 10.7. The molecule has 2 rings (SSSR count). The molecule has 10 heteroatoms. The number of nitrogens with zero attached hydrogens (tertiary/aromatic N) is 2. The molecule has 2 aromatic rings. The summed E-state index contributed by atoms with van der Waals surface area (Å²) >= 11 is 0. The average Bonchev–Trinajstić information content (AvgIpc) is 2.47. The van der Waals surface area contributed by atoms with Crippen LogP contribution in [-0.2, 0) is 20.0 Å². The van der Waals surface area contributed by atoms with Crippen molar-refractivity contribution in [2.75, 3.05) is 6.67 Å². The number of hydrogen-bond acceptors (Lipinski definition) is 4. The van der Waals surface area contributed by atoms with Crippen molar-refractivity contribution >= 4 is 20.0 Å². The molecule has 0 aromatic heterocycles. The van der Waals surface area contributed by atoms with Gasteiger partial charge in [0.2, 0.25) is 0 Å². The predicted octanol–water partition coefficient (Wildman–Crippen LogP) is -2.91. The van der Waals surface area contributed by atoms with E-state index in [1.54, 1.807) is 24.3 Å². The molecule has 124 valence electrons. The van der Waals surface area contributed by atoms with Crippen LogP contribution in [0.1, 0.15) is 11.1 Å². The van der Waals surface area contributed by atoms with Crippen molar-refractivity contribution in [3.63, 3.8) is 0 Å². The summed E-state index contributed by atoms with van der Waals surface area (Å²) in [6.07, 6.45) is 0. The van der Waals surface area contributed by atoms with Gasteiger partial charge in [-0.05, 0) is 38.1 Å². The fourth-order valence-electron chi connectivity index (χ4n) is 1.75. The molecule has 6 nitrogen and oxygen atoms in total. The number of benzene rings is 2. The van der Waals surface area contributed by atoms with Gasteiger partial charge in [0.15, 0.2) is 0 Å². The minimum atomic E-state index is -3.92. The van der Waals surface area contributed by atoms with Crippen LogP contribution >= 0.6 is 0 Å². The summed E-state index contributed by atoms with van der Waals surface area (Å²) in [5, 5.41) is 0. The average molecular weight is 398 g/mol. The molecule has 0 aliphatic rings. The molecule has 0 bridgehead atoms. The topological polar surface area (TPSA) is 96.5 Å². The van der Waals surface area contributed by atoms with Gasteiger partial charge in [0.25, 0.3) is 0 Å². The summed E-state index contributed by atoms with van der Waals surface area (Å²) in [5.74, 6) is 0. The molecule has 0 saturated heterocycles. The van der Waals surface area contributed by atoms with Crippen molar-refractivity contribution in [2.45, 2.75) is 23.6 Å². The van der Waals surface area contributed by atoms with Gasteiger partial charge < -0.3 is 9.44 Å². The van der Waals surface area contributed by atoms with E-state index in [2.05, 4.69) is 9.44 Å². The Labute approximate surface area is 193 Å². The third-order valence-electron chi connectivity index (χ3n) is 3.09. The third kappa shape index (κ3) is 7.42. The van der Waals surface area contributed by atoms with Gasteiger partial charge in [0.05, 0.1) is 20.0 Å². The first kappa shape index (κ1) is 25.3. The molecule has 2 aromatic carbocycles. The molecule has 0 atom stereocenters. The molecule has 0 saturated carbocycles. The maximum Gasteiger partial charge on any atom is 1.00 e. The molecule has 0 radical (unpaired) electrons. The standard InChI is InChI=1S/C15H16N2O4S2.2Na/c1-12-3-7-14(8-4-12)22(18,19)16-11-17-23(20,21)15-9-5-13(2)6-10-15;;/h3-10H,11H2,1-2H3;;/q-2;2*+1. The van der Waals surface area contributed by atoms with Crippen molar-refractivity contribution in [2.24, 2.45) is 0 Å². The smallest absolute Gasteiger partial charge is 0.562 e. The van der Waals surface area contributed by atoms with Gasteiger partial charge in [-0.15, -0.1) is 0 Å². The van der Waals surface area contributed by atoms with Crippen LogP contribution in [0.2, 0.25) is 0 Å². The first-order chi connectivity index (χ1) is 10.7. The van der Waals surface area contributed by atoms with Gasteiger partial charge in [0.1, 0.15) is 0 Å². The second-order valence-electron chi connectivity index (χ2n) is 4.98. The summed E-state index contributed by atoms with van der Waals surface area (Å²) in [7, 11) is -7.84. The largest absolute Gasteiger partial charge is 1.00 e. The number of hydrogen-bond donors (Lipinski definition) is 0. The van der Waals surface area contributed by atoms with Crippen molar-refractivity contribution in [1.82, 2.24) is 0 Å². The Balaban J connectivity index is 0.00000288. The van der Waals surface area contributed by atoms with Crippen LogP contribution in [0.25, 0.3) is 9.44 Å². The molecule has 0 amide bonds. The maximum absolute atomic E-state index is 12.0. The zero-order valence-corrected chi connectivity index (χ0v) is 20.3. The monoisotopic (exact) mass is 398 g/mol. The van der Waals surface area contributed by atoms with E-state index in [0.717, 1.165) is 11.1 Å². The van der Waals surface area contributed by atoms with Gasteiger partial charge in [0, 0.05) is 9.79 Å². The van der Waals surface area contributed by atoms with E-state index in [9.17, 15) is 16.8 Å². The molecular formula is C15H16N2Na2O4S2. The number of sulfonamides is 2. The second kappa shape index (κ2) is 10.6. The molecule has 0 fully saturated rings. The van der Waals surface area contributed by atoms with Crippen molar-refractivity contribution < 1.29 is 76.0 Å². The summed E-state index contributed by atoms with van der Waals surface area (Å²) in [6, 6.07) is 12.2. The summed E-state index contributed by atoms with van der Waals surface area (Å²) in [6.45, 7) is 2.99. The van der Waals surface area contributed by atoms with Crippen molar-refractivity contribution in [1.29, 1.82) is 0 Å². The molecule has 0 spiro atoms. The van der Waals surface area contributed by atoms with Crippen LogP contribution in [0.4, 0.5) is 0 Å². The molecule has 0 aliphatic carbocycles. The first-order valence-electron chi connectivity index (χ1n) is 6.72. The van der Waals surface area contributed by atoms with Crippen LogP contribution in [0.5, 0.6) is 0 Å². The Morgan fingerprint density at radius 2 is 0.920 bits per heavy atom. The van der Waals surface area contributed by atoms with E-state index in [1.165, 1.54) is 24.3 Å². The molecule has 25 heavy (non-hydrogen) atoms. The Morgan fingerprint density at radius 3 is 1.20 bits per heavy atom. The molecule has 0 aliphatic heterocycles. The van der Waals surface area contributed by atoms with Gasteiger partial charge in [-0.25, -0.2) is 23.5 Å².